The molecule has 0 fully saturated rings. The number of amides is 1. The van der Waals surface area contributed by atoms with Gasteiger partial charge < -0.3 is 10.1 Å². The van der Waals surface area contributed by atoms with Crippen LogP contribution >= 0.6 is 11.3 Å². The third-order valence-corrected chi connectivity index (χ3v) is 5.51. The van der Waals surface area contributed by atoms with Gasteiger partial charge in [-0.25, -0.2) is 4.98 Å². The standard InChI is InChI=1S/C23H26N2O2S/c1-23(2,3)18-9-5-16(6-10-18)21(26)24-14-13-19-15-28-22(25-19)17-7-11-20(27-4)12-8-17/h5-12,15H,13-14H2,1-4H3,(H,24,26). The zero-order valence-corrected chi connectivity index (χ0v) is 17.6. The molecule has 1 heterocycles. The second kappa shape index (κ2) is 8.57. The van der Waals surface area contributed by atoms with E-state index in [9.17, 15) is 4.79 Å². The molecule has 3 rings (SSSR count). The van der Waals surface area contributed by atoms with Crippen LogP contribution in [0.3, 0.4) is 0 Å². The van der Waals surface area contributed by atoms with Crippen molar-refractivity contribution < 1.29 is 9.53 Å². The highest BCUT2D eigenvalue weighted by atomic mass is 32.1. The number of hydrogen-bond acceptors (Lipinski definition) is 4. The highest BCUT2D eigenvalue weighted by Gasteiger charge is 2.14. The molecule has 146 valence electrons. The van der Waals surface area contributed by atoms with Gasteiger partial charge >= 0.3 is 0 Å². The van der Waals surface area contributed by atoms with Crippen molar-refractivity contribution in [2.75, 3.05) is 13.7 Å². The van der Waals surface area contributed by atoms with Crippen molar-refractivity contribution in [2.45, 2.75) is 32.6 Å². The summed E-state index contributed by atoms with van der Waals surface area (Å²) in [5.41, 5.74) is 4.04. The van der Waals surface area contributed by atoms with E-state index in [1.54, 1.807) is 18.4 Å². The summed E-state index contributed by atoms with van der Waals surface area (Å²) in [6.45, 7) is 7.05. The molecule has 3 aromatic rings. The quantitative estimate of drug-likeness (QED) is 0.634. The summed E-state index contributed by atoms with van der Waals surface area (Å²) in [5.74, 6) is 0.782. The lowest BCUT2D eigenvalue weighted by Crippen LogP contribution is -2.25. The lowest BCUT2D eigenvalue weighted by molar-refractivity contribution is 0.0954. The number of carbonyl (C=O) groups excluding carboxylic acids is 1. The summed E-state index contributed by atoms with van der Waals surface area (Å²) < 4.78 is 5.19. The van der Waals surface area contributed by atoms with Crippen LogP contribution < -0.4 is 10.1 Å². The Morgan fingerprint density at radius 3 is 2.36 bits per heavy atom. The van der Waals surface area contributed by atoms with Gasteiger partial charge in [-0.15, -0.1) is 11.3 Å². The topological polar surface area (TPSA) is 51.2 Å². The maximum absolute atomic E-state index is 12.3. The largest absolute Gasteiger partial charge is 0.497 e. The molecule has 4 nitrogen and oxygen atoms in total. The smallest absolute Gasteiger partial charge is 0.251 e. The maximum atomic E-state index is 12.3. The maximum Gasteiger partial charge on any atom is 0.251 e. The van der Waals surface area contributed by atoms with E-state index in [2.05, 4.69) is 31.1 Å². The molecule has 2 aromatic carbocycles. The Morgan fingerprint density at radius 2 is 1.75 bits per heavy atom. The molecule has 0 radical (unpaired) electrons. The molecular formula is C23H26N2O2S. The van der Waals surface area contributed by atoms with Crippen molar-refractivity contribution >= 4 is 17.2 Å². The Hall–Kier alpha value is -2.66. The number of rotatable bonds is 6. The number of carbonyl (C=O) groups is 1. The Bertz CT molecular complexity index is 922. The monoisotopic (exact) mass is 394 g/mol. The Balaban J connectivity index is 1.53. The van der Waals surface area contributed by atoms with Crippen LogP contribution in [0.2, 0.25) is 0 Å². The first-order valence-corrected chi connectivity index (χ1v) is 10.2. The molecule has 1 N–H and O–H groups in total. The van der Waals surface area contributed by atoms with E-state index in [4.69, 9.17) is 4.74 Å². The van der Waals surface area contributed by atoms with Gasteiger partial charge in [0.2, 0.25) is 0 Å². The van der Waals surface area contributed by atoms with Crippen LogP contribution in [-0.4, -0.2) is 24.5 Å². The predicted octanol–water partition coefficient (Wildman–Crippen LogP) is 5.09. The molecular weight excluding hydrogens is 368 g/mol. The van der Waals surface area contributed by atoms with Gasteiger partial charge in [-0.05, 0) is 47.4 Å². The molecule has 0 atom stereocenters. The average Bonchev–Trinajstić information content (AvgIpc) is 3.16. The zero-order valence-electron chi connectivity index (χ0n) is 16.8. The second-order valence-corrected chi connectivity index (χ2v) is 8.56. The number of thiazole rings is 1. The fourth-order valence-corrected chi connectivity index (χ4v) is 3.68. The first-order chi connectivity index (χ1) is 13.4. The van der Waals surface area contributed by atoms with Gasteiger partial charge in [0.15, 0.2) is 0 Å². The van der Waals surface area contributed by atoms with Crippen LogP contribution in [0, 0.1) is 0 Å². The number of methoxy groups -OCH3 is 1. The van der Waals surface area contributed by atoms with E-state index in [1.165, 1.54) is 5.56 Å². The Labute approximate surface area is 170 Å². The fourth-order valence-electron chi connectivity index (χ4n) is 2.82. The number of hydrogen-bond donors (Lipinski definition) is 1. The minimum atomic E-state index is -0.0499. The van der Waals surface area contributed by atoms with Crippen molar-refractivity contribution in [3.8, 4) is 16.3 Å². The number of aromatic nitrogens is 1. The van der Waals surface area contributed by atoms with Gasteiger partial charge in [0.1, 0.15) is 10.8 Å². The molecule has 0 aliphatic rings. The molecule has 0 aliphatic carbocycles. The SMILES string of the molecule is COc1ccc(-c2nc(CCNC(=O)c3ccc(C(C)(C)C)cc3)cs2)cc1. The lowest BCUT2D eigenvalue weighted by Gasteiger charge is -2.19. The normalized spacial score (nSPS) is 11.3. The van der Waals surface area contributed by atoms with Crippen molar-refractivity contribution in [1.29, 1.82) is 0 Å². The van der Waals surface area contributed by atoms with Crippen LogP contribution in [0.25, 0.3) is 10.6 Å². The van der Waals surface area contributed by atoms with E-state index in [0.29, 0.717) is 18.5 Å². The molecule has 1 amide bonds. The van der Waals surface area contributed by atoms with Crippen LogP contribution in [0.4, 0.5) is 0 Å². The molecule has 28 heavy (non-hydrogen) atoms. The van der Waals surface area contributed by atoms with E-state index in [1.807, 2.05) is 53.9 Å². The fraction of sp³-hybridized carbons (Fsp3) is 0.304. The third kappa shape index (κ3) is 4.98. The van der Waals surface area contributed by atoms with Gasteiger partial charge in [0, 0.05) is 29.5 Å². The van der Waals surface area contributed by atoms with Crippen LogP contribution in [0.15, 0.2) is 53.9 Å². The van der Waals surface area contributed by atoms with Gasteiger partial charge in [0.05, 0.1) is 12.8 Å². The van der Waals surface area contributed by atoms with Crippen LogP contribution in [-0.2, 0) is 11.8 Å². The lowest BCUT2D eigenvalue weighted by atomic mass is 9.87. The molecule has 1 aromatic heterocycles. The Morgan fingerprint density at radius 1 is 1.07 bits per heavy atom. The Kier molecular flexibility index (Phi) is 6.15. The molecule has 0 saturated carbocycles. The highest BCUT2D eigenvalue weighted by Crippen LogP contribution is 2.26. The predicted molar refractivity (Wildman–Crippen MR) is 115 cm³/mol. The first-order valence-electron chi connectivity index (χ1n) is 9.34. The third-order valence-electron chi connectivity index (χ3n) is 4.57. The first kappa shape index (κ1) is 20.1. The van der Waals surface area contributed by atoms with Crippen LogP contribution in [0.5, 0.6) is 5.75 Å². The van der Waals surface area contributed by atoms with Gasteiger partial charge in [0.25, 0.3) is 5.91 Å². The second-order valence-electron chi connectivity index (χ2n) is 7.71. The van der Waals surface area contributed by atoms with Gasteiger partial charge in [-0.1, -0.05) is 32.9 Å². The molecule has 0 spiro atoms. The van der Waals surface area contributed by atoms with Crippen molar-refractivity contribution in [2.24, 2.45) is 0 Å². The summed E-state index contributed by atoms with van der Waals surface area (Å²) in [6.07, 6.45) is 0.707. The number of ether oxygens (including phenoxy) is 1. The molecule has 0 bridgehead atoms. The summed E-state index contributed by atoms with van der Waals surface area (Å²) in [4.78, 5) is 17.0. The van der Waals surface area contributed by atoms with Crippen molar-refractivity contribution in [1.82, 2.24) is 10.3 Å². The summed E-state index contributed by atoms with van der Waals surface area (Å²) >= 11 is 1.61. The number of benzene rings is 2. The zero-order chi connectivity index (χ0) is 20.1. The van der Waals surface area contributed by atoms with Crippen LogP contribution in [0.1, 0.15) is 42.4 Å². The molecule has 0 unspecified atom stereocenters. The number of nitrogens with one attached hydrogen (secondary N) is 1. The summed E-state index contributed by atoms with van der Waals surface area (Å²) in [5, 5.41) is 6.00. The summed E-state index contributed by atoms with van der Waals surface area (Å²) in [6, 6.07) is 15.7. The molecule has 0 aliphatic heterocycles. The minimum Gasteiger partial charge on any atom is -0.497 e. The van der Waals surface area contributed by atoms with Crippen molar-refractivity contribution in [3.05, 3.63) is 70.7 Å². The summed E-state index contributed by atoms with van der Waals surface area (Å²) in [7, 11) is 1.66. The molecule has 0 saturated heterocycles. The minimum absolute atomic E-state index is 0.0499. The van der Waals surface area contributed by atoms with E-state index < -0.39 is 0 Å². The molecule has 5 heteroatoms. The highest BCUT2D eigenvalue weighted by molar-refractivity contribution is 7.13. The number of nitrogens with zero attached hydrogens (tertiary/aromatic N) is 1. The van der Waals surface area contributed by atoms with E-state index >= 15 is 0 Å². The van der Waals surface area contributed by atoms with Crippen molar-refractivity contribution in [3.63, 3.8) is 0 Å². The van der Waals surface area contributed by atoms with E-state index in [-0.39, 0.29) is 11.3 Å². The van der Waals surface area contributed by atoms with E-state index in [0.717, 1.165) is 22.0 Å². The van der Waals surface area contributed by atoms with Gasteiger partial charge in [-0.2, -0.15) is 0 Å². The van der Waals surface area contributed by atoms with Gasteiger partial charge in [-0.3, -0.25) is 4.79 Å². The average molecular weight is 395 g/mol.